The third kappa shape index (κ3) is 3.43. The van der Waals surface area contributed by atoms with Gasteiger partial charge in [0.1, 0.15) is 11.6 Å². The van der Waals surface area contributed by atoms with Crippen molar-refractivity contribution < 1.29 is 13.5 Å². The summed E-state index contributed by atoms with van der Waals surface area (Å²) in [5, 5.41) is 3.48. The Morgan fingerprint density at radius 1 is 1.33 bits per heavy atom. The summed E-state index contributed by atoms with van der Waals surface area (Å²) in [6.07, 6.45) is 1.56. The summed E-state index contributed by atoms with van der Waals surface area (Å²) >= 11 is 0. The first kappa shape index (κ1) is 16.4. The second-order valence-electron chi connectivity index (χ2n) is 6.53. The van der Waals surface area contributed by atoms with E-state index in [0.717, 1.165) is 13.0 Å². The van der Waals surface area contributed by atoms with Gasteiger partial charge >= 0.3 is 0 Å². The molecule has 1 aliphatic rings. The maximum Gasteiger partial charge on any atom is 0.129 e. The SMILES string of the molecule is CCOC1CC(NC(C)Cc2c(F)cccc2F)C1(C)C. The minimum Gasteiger partial charge on any atom is -0.378 e. The lowest BCUT2D eigenvalue weighted by Crippen LogP contribution is -2.62. The average molecular weight is 297 g/mol. The molecule has 1 aliphatic carbocycles. The summed E-state index contributed by atoms with van der Waals surface area (Å²) in [7, 11) is 0. The van der Waals surface area contributed by atoms with Crippen molar-refractivity contribution in [1.29, 1.82) is 0 Å². The number of hydrogen-bond donors (Lipinski definition) is 1. The Morgan fingerprint density at radius 3 is 2.48 bits per heavy atom. The lowest BCUT2D eigenvalue weighted by atomic mass is 9.64. The predicted molar refractivity (Wildman–Crippen MR) is 80.3 cm³/mol. The Bertz CT molecular complexity index is 469. The zero-order valence-electron chi connectivity index (χ0n) is 13.2. The van der Waals surface area contributed by atoms with Crippen molar-refractivity contribution >= 4 is 0 Å². The number of rotatable bonds is 6. The molecule has 0 aromatic heterocycles. The lowest BCUT2D eigenvalue weighted by molar-refractivity contribution is -0.116. The third-order valence-corrected chi connectivity index (χ3v) is 4.60. The van der Waals surface area contributed by atoms with Crippen molar-refractivity contribution in [3.8, 4) is 0 Å². The number of ether oxygens (including phenoxy) is 1. The van der Waals surface area contributed by atoms with Gasteiger partial charge < -0.3 is 10.1 Å². The summed E-state index contributed by atoms with van der Waals surface area (Å²) in [6, 6.07) is 4.35. The molecule has 1 fully saturated rings. The van der Waals surface area contributed by atoms with Crippen molar-refractivity contribution in [3.63, 3.8) is 0 Å². The minimum atomic E-state index is -0.469. The third-order valence-electron chi connectivity index (χ3n) is 4.60. The van der Waals surface area contributed by atoms with Gasteiger partial charge in [-0.15, -0.1) is 0 Å². The molecule has 21 heavy (non-hydrogen) atoms. The fraction of sp³-hybridized carbons (Fsp3) is 0.647. The van der Waals surface area contributed by atoms with E-state index in [-0.39, 0.29) is 23.1 Å². The Morgan fingerprint density at radius 2 is 1.95 bits per heavy atom. The van der Waals surface area contributed by atoms with E-state index in [0.29, 0.717) is 12.5 Å². The fourth-order valence-corrected chi connectivity index (χ4v) is 3.09. The molecule has 0 spiro atoms. The van der Waals surface area contributed by atoms with E-state index in [1.165, 1.54) is 18.2 Å². The molecule has 118 valence electrons. The molecule has 0 bridgehead atoms. The molecule has 1 aromatic rings. The Labute approximate surface area is 125 Å². The van der Waals surface area contributed by atoms with Gasteiger partial charge in [-0.1, -0.05) is 19.9 Å². The van der Waals surface area contributed by atoms with E-state index < -0.39 is 11.6 Å². The molecular weight excluding hydrogens is 272 g/mol. The predicted octanol–water partition coefficient (Wildman–Crippen LogP) is 3.69. The maximum atomic E-state index is 13.7. The van der Waals surface area contributed by atoms with Gasteiger partial charge in [-0.05, 0) is 38.8 Å². The van der Waals surface area contributed by atoms with Crippen LogP contribution >= 0.6 is 0 Å². The van der Waals surface area contributed by atoms with Crippen molar-refractivity contribution in [3.05, 3.63) is 35.4 Å². The van der Waals surface area contributed by atoms with E-state index in [2.05, 4.69) is 19.2 Å². The lowest BCUT2D eigenvalue weighted by Gasteiger charge is -2.52. The molecule has 2 nitrogen and oxygen atoms in total. The molecule has 0 saturated heterocycles. The average Bonchev–Trinajstić information content (AvgIpc) is 2.42. The molecule has 4 heteroatoms. The van der Waals surface area contributed by atoms with Gasteiger partial charge in [-0.25, -0.2) is 8.78 Å². The highest BCUT2D eigenvalue weighted by Gasteiger charge is 2.48. The van der Waals surface area contributed by atoms with E-state index in [1.54, 1.807) is 0 Å². The van der Waals surface area contributed by atoms with Crippen LogP contribution in [-0.2, 0) is 11.2 Å². The highest BCUT2D eigenvalue weighted by molar-refractivity contribution is 5.20. The van der Waals surface area contributed by atoms with Crippen LogP contribution in [0.15, 0.2) is 18.2 Å². The van der Waals surface area contributed by atoms with Gasteiger partial charge in [0.25, 0.3) is 0 Å². The molecule has 3 unspecified atom stereocenters. The molecule has 3 atom stereocenters. The van der Waals surface area contributed by atoms with Crippen molar-refractivity contribution in [1.82, 2.24) is 5.32 Å². The van der Waals surface area contributed by atoms with Gasteiger partial charge in [0.15, 0.2) is 0 Å². The zero-order valence-corrected chi connectivity index (χ0v) is 13.2. The maximum absolute atomic E-state index is 13.7. The molecule has 2 rings (SSSR count). The Hall–Kier alpha value is -1.00. The highest BCUT2D eigenvalue weighted by atomic mass is 19.1. The van der Waals surface area contributed by atoms with E-state index in [4.69, 9.17) is 4.74 Å². The van der Waals surface area contributed by atoms with Crippen LogP contribution in [0.25, 0.3) is 0 Å². The molecule has 0 heterocycles. The monoisotopic (exact) mass is 297 g/mol. The second-order valence-corrected chi connectivity index (χ2v) is 6.53. The van der Waals surface area contributed by atoms with Crippen molar-refractivity contribution in [2.24, 2.45) is 5.41 Å². The molecule has 1 saturated carbocycles. The van der Waals surface area contributed by atoms with E-state index in [1.807, 2.05) is 13.8 Å². The number of benzene rings is 1. The summed E-state index contributed by atoms with van der Waals surface area (Å²) in [4.78, 5) is 0. The Balaban J connectivity index is 1.93. The molecular formula is C17H25F2NO. The first-order valence-corrected chi connectivity index (χ1v) is 7.66. The van der Waals surface area contributed by atoms with Gasteiger partial charge in [0, 0.05) is 29.7 Å². The molecule has 1 N–H and O–H groups in total. The van der Waals surface area contributed by atoms with E-state index in [9.17, 15) is 8.78 Å². The topological polar surface area (TPSA) is 21.3 Å². The van der Waals surface area contributed by atoms with E-state index >= 15 is 0 Å². The van der Waals surface area contributed by atoms with Crippen molar-refractivity contribution in [2.75, 3.05) is 6.61 Å². The number of halogens is 2. The second kappa shape index (κ2) is 6.41. The Kier molecular flexibility index (Phi) is 4.99. The standard InChI is InChI=1S/C17H25F2NO/c1-5-21-16-10-15(17(16,3)4)20-11(2)9-12-13(18)7-6-8-14(12)19/h6-8,11,15-16,20H,5,9-10H2,1-4H3. The van der Waals surface area contributed by atoms with Crippen LogP contribution in [0.2, 0.25) is 0 Å². The van der Waals surface area contributed by atoms with Crippen LogP contribution < -0.4 is 5.32 Å². The van der Waals surface area contributed by atoms with Crippen LogP contribution in [0.3, 0.4) is 0 Å². The van der Waals surface area contributed by atoms with Gasteiger partial charge in [-0.2, -0.15) is 0 Å². The smallest absolute Gasteiger partial charge is 0.129 e. The molecule has 0 aliphatic heterocycles. The summed E-state index contributed by atoms with van der Waals surface area (Å²) in [6.45, 7) is 9.03. The number of nitrogens with one attached hydrogen (secondary N) is 1. The number of hydrogen-bond acceptors (Lipinski definition) is 2. The molecule has 0 amide bonds. The van der Waals surface area contributed by atoms with Gasteiger partial charge in [-0.3, -0.25) is 0 Å². The largest absolute Gasteiger partial charge is 0.378 e. The van der Waals surface area contributed by atoms with Crippen LogP contribution in [0.5, 0.6) is 0 Å². The van der Waals surface area contributed by atoms with Crippen LogP contribution in [0.1, 0.15) is 39.7 Å². The quantitative estimate of drug-likeness (QED) is 0.864. The summed E-state index contributed by atoms with van der Waals surface area (Å²) < 4.78 is 33.0. The van der Waals surface area contributed by atoms with Crippen LogP contribution in [0.4, 0.5) is 8.78 Å². The zero-order chi connectivity index (χ0) is 15.6. The normalized spacial score (nSPS) is 25.4. The van der Waals surface area contributed by atoms with Gasteiger partial charge in [0.2, 0.25) is 0 Å². The highest BCUT2D eigenvalue weighted by Crippen LogP contribution is 2.43. The van der Waals surface area contributed by atoms with Crippen molar-refractivity contribution in [2.45, 2.75) is 58.7 Å². The van der Waals surface area contributed by atoms with Crippen LogP contribution in [-0.4, -0.2) is 24.8 Å². The first-order chi connectivity index (χ1) is 9.86. The fourth-order valence-electron chi connectivity index (χ4n) is 3.09. The van der Waals surface area contributed by atoms with Crippen LogP contribution in [0, 0.1) is 17.0 Å². The molecule has 0 radical (unpaired) electrons. The van der Waals surface area contributed by atoms with Gasteiger partial charge in [0.05, 0.1) is 6.10 Å². The molecule has 1 aromatic carbocycles. The minimum absolute atomic E-state index is 0.0169. The first-order valence-electron chi connectivity index (χ1n) is 7.66. The summed E-state index contributed by atoms with van der Waals surface area (Å²) in [5.41, 5.74) is 0.217. The summed E-state index contributed by atoms with van der Waals surface area (Å²) in [5.74, 6) is -0.938.